The highest BCUT2D eigenvalue weighted by Crippen LogP contribution is 2.38. The van der Waals surface area contributed by atoms with Gasteiger partial charge in [0.2, 0.25) is 0 Å². The number of ether oxygens (including phenoxy) is 5. The standard InChI is InChI=1S/C26H24O12/c1-11-8-19(13(3)23(35-15(5)29)21(11)25(32)37-17(7)31)38-26(33)22-12(2)9-20(34-14(4)28)18(10-27)24(22)36-16(6)30/h8-10H,1-7H3. The zero-order valence-electron chi connectivity index (χ0n) is 21.6. The largest absolute Gasteiger partial charge is 0.426 e. The molecule has 0 aliphatic carbocycles. The van der Waals surface area contributed by atoms with Crippen molar-refractivity contribution in [1.29, 1.82) is 0 Å². The van der Waals surface area contributed by atoms with Crippen molar-refractivity contribution in [3.05, 3.63) is 45.5 Å². The van der Waals surface area contributed by atoms with E-state index in [0.717, 1.165) is 27.7 Å². The van der Waals surface area contributed by atoms with Gasteiger partial charge < -0.3 is 23.7 Å². The fourth-order valence-corrected chi connectivity index (χ4v) is 3.45. The highest BCUT2D eigenvalue weighted by atomic mass is 16.6. The van der Waals surface area contributed by atoms with Gasteiger partial charge in [0.15, 0.2) is 17.8 Å². The number of rotatable bonds is 7. The van der Waals surface area contributed by atoms with Gasteiger partial charge in [-0.25, -0.2) is 9.59 Å². The molecule has 0 amide bonds. The first kappa shape index (κ1) is 29.4. The van der Waals surface area contributed by atoms with Crippen LogP contribution in [0.2, 0.25) is 0 Å². The second-order valence-corrected chi connectivity index (χ2v) is 8.00. The first-order valence-corrected chi connectivity index (χ1v) is 10.9. The van der Waals surface area contributed by atoms with E-state index in [9.17, 15) is 33.6 Å². The summed E-state index contributed by atoms with van der Waals surface area (Å²) in [6.07, 6.45) is 0.246. The van der Waals surface area contributed by atoms with E-state index in [0.29, 0.717) is 0 Å². The van der Waals surface area contributed by atoms with E-state index in [1.165, 1.54) is 32.9 Å². The molecule has 0 heterocycles. The molecule has 0 radical (unpaired) electrons. The van der Waals surface area contributed by atoms with Crippen molar-refractivity contribution in [3.8, 4) is 23.0 Å². The van der Waals surface area contributed by atoms with Crippen LogP contribution in [0.5, 0.6) is 23.0 Å². The summed E-state index contributed by atoms with van der Waals surface area (Å²) in [6, 6.07) is 2.49. The molecule has 2 aromatic rings. The third-order valence-corrected chi connectivity index (χ3v) is 4.87. The van der Waals surface area contributed by atoms with Gasteiger partial charge in [-0.3, -0.25) is 24.0 Å². The number of carbonyl (C=O) groups excluding carboxylic acids is 7. The Labute approximate surface area is 216 Å². The summed E-state index contributed by atoms with van der Waals surface area (Å²) in [5.74, 6) is -6.72. The zero-order valence-corrected chi connectivity index (χ0v) is 21.6. The van der Waals surface area contributed by atoms with Crippen molar-refractivity contribution in [2.75, 3.05) is 0 Å². The van der Waals surface area contributed by atoms with E-state index in [1.807, 2.05) is 0 Å². The van der Waals surface area contributed by atoms with E-state index in [1.54, 1.807) is 0 Å². The molecule has 0 fully saturated rings. The van der Waals surface area contributed by atoms with Crippen LogP contribution >= 0.6 is 0 Å². The number of aryl methyl sites for hydroxylation is 2. The molecule has 0 aromatic heterocycles. The molecule has 0 saturated heterocycles. The molecule has 0 unspecified atom stereocenters. The Bertz CT molecular complexity index is 1380. The molecular weight excluding hydrogens is 504 g/mol. The minimum atomic E-state index is -1.09. The summed E-state index contributed by atoms with van der Waals surface area (Å²) in [5.41, 5.74) is -0.666. The summed E-state index contributed by atoms with van der Waals surface area (Å²) >= 11 is 0. The van der Waals surface area contributed by atoms with Crippen LogP contribution in [0.25, 0.3) is 0 Å². The lowest BCUT2D eigenvalue weighted by Crippen LogP contribution is -2.19. The molecule has 0 N–H and O–H groups in total. The molecule has 0 spiro atoms. The van der Waals surface area contributed by atoms with Gasteiger partial charge in [-0.05, 0) is 44.0 Å². The molecule has 0 aliphatic heterocycles. The molecule has 0 aliphatic rings. The number of benzene rings is 2. The van der Waals surface area contributed by atoms with Gasteiger partial charge in [-0.2, -0.15) is 0 Å². The molecule has 38 heavy (non-hydrogen) atoms. The van der Waals surface area contributed by atoms with Crippen LogP contribution in [-0.2, 0) is 23.9 Å². The normalized spacial score (nSPS) is 10.2. The van der Waals surface area contributed by atoms with Crippen LogP contribution in [0.3, 0.4) is 0 Å². The van der Waals surface area contributed by atoms with Gasteiger partial charge in [0.05, 0.1) is 0 Å². The van der Waals surface area contributed by atoms with Gasteiger partial charge in [0, 0.05) is 33.3 Å². The number of hydrogen-bond donors (Lipinski definition) is 0. The van der Waals surface area contributed by atoms with E-state index >= 15 is 0 Å². The highest BCUT2D eigenvalue weighted by Gasteiger charge is 2.29. The SMILES string of the molecule is CC(=O)OC(=O)c1c(C)cc(OC(=O)c2c(C)cc(OC(C)=O)c(C=O)c2OC(C)=O)c(C)c1OC(C)=O. The predicted molar refractivity (Wildman–Crippen MR) is 127 cm³/mol. The van der Waals surface area contributed by atoms with Crippen molar-refractivity contribution in [3.63, 3.8) is 0 Å². The fourth-order valence-electron chi connectivity index (χ4n) is 3.45. The smallest absolute Gasteiger partial charge is 0.349 e. The van der Waals surface area contributed by atoms with E-state index in [4.69, 9.17) is 18.9 Å². The molecule has 0 bridgehead atoms. The predicted octanol–water partition coefficient (Wildman–Crippen LogP) is 3.12. The first-order chi connectivity index (χ1) is 17.7. The molecule has 12 heteroatoms. The lowest BCUT2D eigenvalue weighted by atomic mass is 10.0. The minimum Gasteiger partial charge on any atom is -0.426 e. The molecule has 12 nitrogen and oxygen atoms in total. The van der Waals surface area contributed by atoms with Gasteiger partial charge >= 0.3 is 35.8 Å². The highest BCUT2D eigenvalue weighted by molar-refractivity contribution is 6.03. The Morgan fingerprint density at radius 2 is 1.08 bits per heavy atom. The van der Waals surface area contributed by atoms with E-state index < -0.39 is 41.6 Å². The maximum absolute atomic E-state index is 13.3. The quantitative estimate of drug-likeness (QED) is 0.223. The van der Waals surface area contributed by atoms with Gasteiger partial charge in [0.1, 0.15) is 28.2 Å². The maximum Gasteiger partial charge on any atom is 0.349 e. The van der Waals surface area contributed by atoms with Crippen LogP contribution in [-0.4, -0.2) is 42.1 Å². The van der Waals surface area contributed by atoms with Gasteiger partial charge in [-0.15, -0.1) is 0 Å². The summed E-state index contributed by atoms with van der Waals surface area (Å²) in [5, 5.41) is 0. The fraction of sp³-hybridized carbons (Fsp3) is 0.269. The summed E-state index contributed by atoms with van der Waals surface area (Å²) < 4.78 is 25.4. The van der Waals surface area contributed by atoms with Crippen LogP contribution in [0, 0.1) is 20.8 Å². The van der Waals surface area contributed by atoms with Gasteiger partial charge in [0.25, 0.3) is 0 Å². The zero-order chi connectivity index (χ0) is 28.9. The average Bonchev–Trinajstić information content (AvgIpc) is 2.75. The molecular formula is C26H24O12. The maximum atomic E-state index is 13.3. The Morgan fingerprint density at radius 1 is 0.605 bits per heavy atom. The van der Waals surface area contributed by atoms with Gasteiger partial charge in [-0.1, -0.05) is 0 Å². The third-order valence-electron chi connectivity index (χ3n) is 4.87. The summed E-state index contributed by atoms with van der Waals surface area (Å²) in [4.78, 5) is 83.9. The minimum absolute atomic E-state index is 0.0217. The van der Waals surface area contributed by atoms with Crippen molar-refractivity contribution in [1.82, 2.24) is 0 Å². The first-order valence-electron chi connectivity index (χ1n) is 10.9. The Morgan fingerprint density at radius 3 is 1.55 bits per heavy atom. The Balaban J connectivity index is 2.71. The lowest BCUT2D eigenvalue weighted by Gasteiger charge is -2.19. The van der Waals surface area contributed by atoms with E-state index in [2.05, 4.69) is 4.74 Å². The summed E-state index contributed by atoms with van der Waals surface area (Å²) in [7, 11) is 0. The van der Waals surface area contributed by atoms with Crippen molar-refractivity contribution in [2.45, 2.75) is 48.5 Å². The lowest BCUT2D eigenvalue weighted by molar-refractivity contribution is -0.135. The van der Waals surface area contributed by atoms with Crippen molar-refractivity contribution >= 4 is 42.1 Å². The van der Waals surface area contributed by atoms with Crippen LogP contribution < -0.4 is 18.9 Å². The van der Waals surface area contributed by atoms with Crippen LogP contribution in [0.15, 0.2) is 12.1 Å². The molecule has 200 valence electrons. The number of aldehydes is 1. The second kappa shape index (κ2) is 11.9. The average molecular weight is 528 g/mol. The Hall–Kier alpha value is -4.87. The van der Waals surface area contributed by atoms with Crippen LogP contribution in [0.1, 0.15) is 75.5 Å². The molecule has 2 aromatic carbocycles. The number of esters is 6. The van der Waals surface area contributed by atoms with Crippen molar-refractivity contribution in [2.24, 2.45) is 0 Å². The Kier molecular flexibility index (Phi) is 9.20. The van der Waals surface area contributed by atoms with Crippen molar-refractivity contribution < 1.29 is 57.2 Å². The second-order valence-electron chi connectivity index (χ2n) is 8.00. The summed E-state index contributed by atoms with van der Waals surface area (Å²) in [6.45, 7) is 8.46. The number of carbonyl (C=O) groups is 7. The third kappa shape index (κ3) is 6.66. The topological polar surface area (TPSA) is 166 Å². The van der Waals surface area contributed by atoms with Crippen LogP contribution in [0.4, 0.5) is 0 Å². The molecule has 0 saturated carbocycles. The van der Waals surface area contributed by atoms with E-state index in [-0.39, 0.29) is 56.9 Å². The molecule has 2 rings (SSSR count). The monoisotopic (exact) mass is 528 g/mol. The number of hydrogen-bond acceptors (Lipinski definition) is 12. The molecule has 0 atom stereocenters.